The van der Waals surface area contributed by atoms with Crippen LogP contribution in [0.4, 0.5) is 34.1 Å². The van der Waals surface area contributed by atoms with Gasteiger partial charge in [0.15, 0.2) is 0 Å². The highest BCUT2D eigenvalue weighted by atomic mass is 35.5. The lowest BCUT2D eigenvalue weighted by Gasteiger charge is -2.27. The molecule has 60 heavy (non-hydrogen) atoms. The normalized spacial score (nSPS) is 11.5. The van der Waals surface area contributed by atoms with Crippen molar-refractivity contribution in [2.24, 2.45) is 0 Å². The molecule has 6 heteroatoms. The van der Waals surface area contributed by atoms with Crippen molar-refractivity contribution in [2.75, 3.05) is 9.80 Å². The number of hydrogen-bond acceptors (Lipinski definition) is 2. The highest BCUT2D eigenvalue weighted by Gasteiger charge is 2.24. The second kappa shape index (κ2) is 14.9. The zero-order valence-electron chi connectivity index (χ0n) is 32.3. The minimum absolute atomic E-state index is 0.645. The summed E-state index contributed by atoms with van der Waals surface area (Å²) in [7, 11) is 0. The lowest BCUT2D eigenvalue weighted by atomic mass is 10.1. The van der Waals surface area contributed by atoms with E-state index in [1.165, 1.54) is 0 Å². The molecular formula is C54H36Cl2N4. The Hall–Kier alpha value is -7.24. The summed E-state index contributed by atoms with van der Waals surface area (Å²) in [6.07, 6.45) is 0. The van der Waals surface area contributed by atoms with Gasteiger partial charge in [0.25, 0.3) is 0 Å². The van der Waals surface area contributed by atoms with Gasteiger partial charge in [-0.15, -0.1) is 0 Å². The zero-order valence-corrected chi connectivity index (χ0v) is 33.8. The van der Waals surface area contributed by atoms with Gasteiger partial charge in [-0.3, -0.25) is 0 Å². The van der Waals surface area contributed by atoms with Gasteiger partial charge in [0, 0.05) is 44.3 Å². The molecule has 0 unspecified atom stereocenters. The van der Waals surface area contributed by atoms with Crippen molar-refractivity contribution in [1.29, 1.82) is 0 Å². The Morgan fingerprint density at radius 1 is 0.283 bits per heavy atom. The van der Waals surface area contributed by atoms with Gasteiger partial charge in [0.05, 0.1) is 54.9 Å². The van der Waals surface area contributed by atoms with Crippen molar-refractivity contribution in [3.8, 4) is 11.4 Å². The van der Waals surface area contributed by atoms with Crippen molar-refractivity contribution in [2.45, 2.75) is 0 Å². The fraction of sp³-hybridized carbons (Fsp3) is 0. The van der Waals surface area contributed by atoms with E-state index in [0.29, 0.717) is 10.0 Å². The van der Waals surface area contributed by atoms with Gasteiger partial charge in [-0.05, 0) is 97.1 Å². The van der Waals surface area contributed by atoms with Crippen LogP contribution in [0.3, 0.4) is 0 Å². The van der Waals surface area contributed by atoms with Crippen LogP contribution in [0.25, 0.3) is 55.0 Å². The van der Waals surface area contributed by atoms with E-state index in [1.807, 2.05) is 24.3 Å². The van der Waals surface area contributed by atoms with Crippen LogP contribution in [0.5, 0.6) is 0 Å². The molecule has 0 amide bonds. The highest BCUT2D eigenvalue weighted by Crippen LogP contribution is 2.47. The maximum Gasteiger partial charge on any atom is 0.0887 e. The Balaban J connectivity index is 1.17. The molecule has 0 fully saturated rings. The summed E-state index contributed by atoms with van der Waals surface area (Å²) in [6.45, 7) is 0. The molecule has 0 saturated heterocycles. The molecule has 0 aliphatic carbocycles. The van der Waals surface area contributed by atoms with Crippen LogP contribution < -0.4 is 9.80 Å². The topological polar surface area (TPSA) is 16.3 Å². The Bertz CT molecular complexity index is 3040. The van der Waals surface area contributed by atoms with Crippen LogP contribution in [-0.4, -0.2) is 9.13 Å². The molecular weight excluding hydrogens is 776 g/mol. The number of hydrogen-bond donors (Lipinski definition) is 0. The first-order valence-electron chi connectivity index (χ1n) is 20.0. The van der Waals surface area contributed by atoms with E-state index in [0.717, 1.165) is 89.1 Å². The maximum atomic E-state index is 7.68. The predicted molar refractivity (Wildman–Crippen MR) is 255 cm³/mol. The number of halogens is 2. The molecule has 0 aliphatic rings. The molecule has 0 aliphatic heterocycles. The third-order valence-corrected chi connectivity index (χ3v) is 12.2. The molecule has 2 heterocycles. The van der Waals surface area contributed by atoms with E-state index in [-0.39, 0.29) is 0 Å². The Morgan fingerprint density at radius 2 is 0.617 bits per heavy atom. The smallest absolute Gasteiger partial charge is 0.0887 e. The van der Waals surface area contributed by atoms with Crippen LogP contribution in [0.2, 0.25) is 10.0 Å². The number of fused-ring (bicyclic) bond motifs is 6. The summed E-state index contributed by atoms with van der Waals surface area (Å²) < 4.78 is 4.63. The van der Waals surface area contributed by atoms with E-state index in [4.69, 9.17) is 23.2 Å². The number of aromatic nitrogens is 2. The molecule has 0 radical (unpaired) electrons. The molecule has 9 aromatic carbocycles. The summed E-state index contributed by atoms with van der Waals surface area (Å²) in [5.41, 5.74) is 11.9. The predicted octanol–water partition coefficient (Wildman–Crippen LogP) is 16.1. The molecule has 0 N–H and O–H groups in total. The van der Waals surface area contributed by atoms with Gasteiger partial charge in [0.1, 0.15) is 0 Å². The van der Waals surface area contributed by atoms with Crippen LogP contribution in [0.15, 0.2) is 218 Å². The second-order valence-electron chi connectivity index (χ2n) is 14.8. The summed E-state index contributed by atoms with van der Waals surface area (Å²) in [5, 5.41) is 5.88. The quantitative estimate of drug-likeness (QED) is 0.152. The lowest BCUT2D eigenvalue weighted by Crippen LogP contribution is -2.11. The van der Waals surface area contributed by atoms with Crippen molar-refractivity contribution in [3.05, 3.63) is 228 Å². The largest absolute Gasteiger partial charge is 0.309 e. The van der Waals surface area contributed by atoms with Crippen molar-refractivity contribution in [3.63, 3.8) is 0 Å². The first-order chi connectivity index (χ1) is 29.7. The number of nitrogens with zero attached hydrogens (tertiary/aromatic N) is 4. The number of benzene rings is 9. The Morgan fingerprint density at radius 3 is 0.983 bits per heavy atom. The highest BCUT2D eigenvalue weighted by molar-refractivity contribution is 6.36. The molecule has 2 aromatic heterocycles. The van der Waals surface area contributed by atoms with E-state index < -0.39 is 0 Å². The second-order valence-corrected chi connectivity index (χ2v) is 15.6. The fourth-order valence-corrected chi connectivity index (χ4v) is 9.41. The van der Waals surface area contributed by atoms with E-state index in [9.17, 15) is 0 Å². The SMILES string of the molecule is Clc1c(N(c2ccccc2)c2ccccc2)cccc1-n1c2ccccc2c2cc3c4ccccc4n(-c4cccc(N(c5ccccc5)c5ccccc5)c4Cl)c3cc21. The molecule has 0 bridgehead atoms. The lowest BCUT2D eigenvalue weighted by molar-refractivity contribution is 1.16. The molecule has 11 rings (SSSR count). The van der Waals surface area contributed by atoms with Gasteiger partial charge >= 0.3 is 0 Å². The van der Waals surface area contributed by atoms with Crippen molar-refractivity contribution < 1.29 is 0 Å². The average Bonchev–Trinajstić information content (AvgIpc) is 3.80. The van der Waals surface area contributed by atoms with Crippen LogP contribution in [0.1, 0.15) is 0 Å². The van der Waals surface area contributed by atoms with Crippen molar-refractivity contribution in [1.82, 2.24) is 9.13 Å². The molecule has 0 saturated carbocycles. The zero-order chi connectivity index (χ0) is 40.2. The van der Waals surface area contributed by atoms with Crippen LogP contribution in [-0.2, 0) is 0 Å². The molecule has 286 valence electrons. The minimum Gasteiger partial charge on any atom is -0.309 e. The fourth-order valence-electron chi connectivity index (χ4n) is 8.82. The van der Waals surface area contributed by atoms with Crippen LogP contribution >= 0.6 is 23.2 Å². The first kappa shape index (κ1) is 35.9. The summed E-state index contributed by atoms with van der Waals surface area (Å²) in [5.74, 6) is 0. The van der Waals surface area contributed by atoms with E-state index >= 15 is 0 Å². The standard InChI is InChI=1S/C54H36Cl2N4/c55-53-47(57(37-19-5-1-6-20-37)38-21-7-2-8-22-38)31-17-33-49(53)59-45-29-15-13-27-41(45)43-35-44-42-28-14-16-30-46(42)60(52(44)36-51(43)59)50-34-18-32-48(54(50)56)58(39-23-9-3-10-24-39)40-25-11-4-12-26-40/h1-36H. The minimum atomic E-state index is 0.645. The summed E-state index contributed by atoms with van der Waals surface area (Å²) >= 11 is 15.4. The van der Waals surface area contributed by atoms with Gasteiger partial charge in [-0.25, -0.2) is 0 Å². The molecule has 0 atom stereocenters. The van der Waals surface area contributed by atoms with Crippen LogP contribution in [0, 0.1) is 0 Å². The van der Waals surface area contributed by atoms with Gasteiger partial charge in [0.2, 0.25) is 0 Å². The van der Waals surface area contributed by atoms with E-state index in [1.54, 1.807) is 0 Å². The third kappa shape index (κ3) is 5.84. The summed E-state index contributed by atoms with van der Waals surface area (Å²) in [6, 6.07) is 76.0. The van der Waals surface area contributed by atoms with Gasteiger partial charge in [-0.1, -0.05) is 145 Å². The van der Waals surface area contributed by atoms with Gasteiger partial charge < -0.3 is 18.9 Å². The molecule has 0 spiro atoms. The number of rotatable bonds is 8. The average molecular weight is 812 g/mol. The summed E-state index contributed by atoms with van der Waals surface area (Å²) in [4.78, 5) is 4.44. The third-order valence-electron chi connectivity index (χ3n) is 11.4. The van der Waals surface area contributed by atoms with E-state index in [2.05, 4.69) is 213 Å². The molecule has 11 aromatic rings. The molecule has 4 nitrogen and oxygen atoms in total. The number of anilines is 6. The Kier molecular flexibility index (Phi) is 8.88. The Labute approximate surface area is 357 Å². The first-order valence-corrected chi connectivity index (χ1v) is 20.8. The number of para-hydroxylation sites is 6. The maximum absolute atomic E-state index is 7.68. The van der Waals surface area contributed by atoms with Crippen molar-refractivity contribution >= 4 is 101 Å². The monoisotopic (exact) mass is 810 g/mol. The van der Waals surface area contributed by atoms with Gasteiger partial charge in [-0.2, -0.15) is 0 Å².